The van der Waals surface area contributed by atoms with Crippen LogP contribution in [-0.4, -0.2) is 16.5 Å². The average molecular weight is 334 g/mol. The number of nitrogens with one attached hydrogen (secondary N) is 1. The molecule has 1 aromatic heterocycles. The van der Waals surface area contributed by atoms with Crippen LogP contribution in [0, 0.1) is 12.8 Å². The van der Waals surface area contributed by atoms with Gasteiger partial charge in [0.2, 0.25) is 0 Å². The zero-order valence-electron chi connectivity index (χ0n) is 12.2. The Labute approximate surface area is 129 Å². The van der Waals surface area contributed by atoms with Crippen molar-refractivity contribution < 1.29 is 0 Å². The van der Waals surface area contributed by atoms with Gasteiger partial charge >= 0.3 is 0 Å². The second kappa shape index (κ2) is 6.95. The summed E-state index contributed by atoms with van der Waals surface area (Å²) in [6.07, 6.45) is 1.83. The number of benzene rings is 1. The topological polar surface area (TPSA) is 37.8 Å². The van der Waals surface area contributed by atoms with Crippen LogP contribution < -0.4 is 5.32 Å². The highest BCUT2D eigenvalue weighted by atomic mass is 79.9. The lowest BCUT2D eigenvalue weighted by Crippen LogP contribution is -2.19. The van der Waals surface area contributed by atoms with Crippen LogP contribution >= 0.6 is 15.9 Å². The molecule has 1 heterocycles. The Hall–Kier alpha value is -1.26. The summed E-state index contributed by atoms with van der Waals surface area (Å²) in [7, 11) is 0. The molecule has 3 nitrogen and oxygen atoms in total. The fourth-order valence-electron chi connectivity index (χ4n) is 1.99. The van der Waals surface area contributed by atoms with Crippen molar-refractivity contribution in [2.75, 3.05) is 6.54 Å². The van der Waals surface area contributed by atoms with Gasteiger partial charge in [0.15, 0.2) is 5.82 Å². The Kier molecular flexibility index (Phi) is 5.26. The van der Waals surface area contributed by atoms with Crippen molar-refractivity contribution in [1.82, 2.24) is 15.3 Å². The largest absolute Gasteiger partial charge is 0.311 e. The third-order valence-electron chi connectivity index (χ3n) is 3.00. The van der Waals surface area contributed by atoms with E-state index in [1.165, 1.54) is 5.56 Å². The van der Waals surface area contributed by atoms with Gasteiger partial charge < -0.3 is 5.32 Å². The summed E-state index contributed by atoms with van der Waals surface area (Å²) in [6.45, 7) is 8.25. The molecule has 0 aliphatic heterocycles. The van der Waals surface area contributed by atoms with E-state index in [0.29, 0.717) is 5.92 Å². The third kappa shape index (κ3) is 4.12. The fourth-order valence-corrected chi connectivity index (χ4v) is 2.47. The lowest BCUT2D eigenvalue weighted by atomic mass is 10.1. The first-order valence-electron chi connectivity index (χ1n) is 6.85. The van der Waals surface area contributed by atoms with Gasteiger partial charge in [-0.25, -0.2) is 9.97 Å². The molecule has 0 saturated carbocycles. The first-order valence-corrected chi connectivity index (χ1v) is 7.64. The van der Waals surface area contributed by atoms with Gasteiger partial charge in [-0.1, -0.05) is 29.8 Å². The Bertz CT molecular complexity index is 582. The molecular formula is C16H20BrN3. The van der Waals surface area contributed by atoms with Crippen molar-refractivity contribution in [3.05, 3.63) is 46.2 Å². The molecule has 1 N–H and O–H groups in total. The third-order valence-corrected chi connectivity index (χ3v) is 3.49. The van der Waals surface area contributed by atoms with Gasteiger partial charge in [0, 0.05) is 22.8 Å². The minimum absolute atomic E-state index is 0.644. The maximum absolute atomic E-state index is 4.64. The quantitative estimate of drug-likeness (QED) is 0.899. The second-order valence-corrected chi connectivity index (χ2v) is 6.27. The van der Waals surface area contributed by atoms with E-state index in [-0.39, 0.29) is 0 Å². The number of hydrogen-bond acceptors (Lipinski definition) is 3. The van der Waals surface area contributed by atoms with Crippen LogP contribution in [0.2, 0.25) is 0 Å². The van der Waals surface area contributed by atoms with Gasteiger partial charge in [-0.05, 0) is 49.2 Å². The zero-order valence-corrected chi connectivity index (χ0v) is 13.7. The molecule has 106 valence electrons. The molecular weight excluding hydrogens is 314 g/mol. The minimum atomic E-state index is 0.644. The predicted molar refractivity (Wildman–Crippen MR) is 86.4 cm³/mol. The summed E-state index contributed by atoms with van der Waals surface area (Å²) < 4.78 is 1.08. The first kappa shape index (κ1) is 15.1. The number of aromatic nitrogens is 2. The highest BCUT2D eigenvalue weighted by Crippen LogP contribution is 2.23. The van der Waals surface area contributed by atoms with E-state index < -0.39 is 0 Å². The smallest absolute Gasteiger partial charge is 0.159 e. The van der Waals surface area contributed by atoms with E-state index in [2.05, 4.69) is 64.1 Å². The Morgan fingerprint density at radius 1 is 1.25 bits per heavy atom. The van der Waals surface area contributed by atoms with Crippen molar-refractivity contribution in [2.24, 2.45) is 5.92 Å². The highest BCUT2D eigenvalue weighted by Gasteiger charge is 2.06. The fraction of sp³-hybridized carbons (Fsp3) is 0.375. The van der Waals surface area contributed by atoms with E-state index in [1.54, 1.807) is 0 Å². The summed E-state index contributed by atoms with van der Waals surface area (Å²) >= 11 is 3.48. The Morgan fingerprint density at radius 2 is 2.05 bits per heavy atom. The molecule has 0 aliphatic carbocycles. The molecule has 0 radical (unpaired) electrons. The first-order chi connectivity index (χ1) is 9.56. The summed E-state index contributed by atoms with van der Waals surface area (Å²) in [5.41, 5.74) is 3.28. The summed E-state index contributed by atoms with van der Waals surface area (Å²) in [5.74, 6) is 1.43. The molecule has 2 rings (SSSR count). The molecule has 20 heavy (non-hydrogen) atoms. The molecule has 0 atom stereocenters. The van der Waals surface area contributed by atoms with Gasteiger partial charge in [-0.3, -0.25) is 0 Å². The van der Waals surface area contributed by atoms with Crippen LogP contribution in [0.5, 0.6) is 0 Å². The molecule has 0 bridgehead atoms. The summed E-state index contributed by atoms with van der Waals surface area (Å²) in [4.78, 5) is 9.03. The van der Waals surface area contributed by atoms with E-state index in [4.69, 9.17) is 0 Å². The van der Waals surface area contributed by atoms with Gasteiger partial charge in [-0.2, -0.15) is 0 Å². The molecule has 0 spiro atoms. The van der Waals surface area contributed by atoms with Crippen LogP contribution in [0.25, 0.3) is 11.4 Å². The van der Waals surface area contributed by atoms with Crippen LogP contribution in [0.15, 0.2) is 34.9 Å². The Morgan fingerprint density at radius 3 is 2.75 bits per heavy atom. The van der Waals surface area contributed by atoms with Gasteiger partial charge in [0.1, 0.15) is 0 Å². The summed E-state index contributed by atoms with van der Waals surface area (Å²) in [5, 5.41) is 3.41. The Balaban J connectivity index is 2.16. The molecule has 0 saturated heterocycles. The maximum atomic E-state index is 4.64. The number of hydrogen-bond donors (Lipinski definition) is 1. The van der Waals surface area contributed by atoms with Gasteiger partial charge in [0.05, 0.1) is 5.69 Å². The van der Waals surface area contributed by atoms with E-state index in [1.807, 2.05) is 18.3 Å². The van der Waals surface area contributed by atoms with E-state index in [9.17, 15) is 0 Å². The van der Waals surface area contributed by atoms with Crippen LogP contribution in [-0.2, 0) is 6.54 Å². The lowest BCUT2D eigenvalue weighted by Gasteiger charge is -2.09. The highest BCUT2D eigenvalue weighted by molar-refractivity contribution is 9.10. The lowest BCUT2D eigenvalue weighted by molar-refractivity contribution is 0.548. The van der Waals surface area contributed by atoms with Gasteiger partial charge in [-0.15, -0.1) is 0 Å². The van der Waals surface area contributed by atoms with Crippen LogP contribution in [0.4, 0.5) is 0 Å². The predicted octanol–water partition coefficient (Wildman–Crippen LogP) is 3.96. The van der Waals surface area contributed by atoms with Crippen molar-refractivity contribution in [3.63, 3.8) is 0 Å². The monoisotopic (exact) mass is 333 g/mol. The zero-order chi connectivity index (χ0) is 14.5. The van der Waals surface area contributed by atoms with E-state index in [0.717, 1.165) is 34.6 Å². The van der Waals surface area contributed by atoms with Crippen molar-refractivity contribution in [2.45, 2.75) is 27.3 Å². The molecule has 4 heteroatoms. The van der Waals surface area contributed by atoms with E-state index >= 15 is 0 Å². The van der Waals surface area contributed by atoms with Crippen LogP contribution in [0.3, 0.4) is 0 Å². The second-order valence-electron chi connectivity index (χ2n) is 5.36. The van der Waals surface area contributed by atoms with Crippen molar-refractivity contribution in [3.8, 4) is 11.4 Å². The number of rotatable bonds is 5. The SMILES string of the molecule is Cc1cc(Br)ccc1-c1nccc(CNCC(C)C)n1. The molecule has 1 aromatic carbocycles. The number of halogens is 1. The average Bonchev–Trinajstić information content (AvgIpc) is 2.38. The van der Waals surface area contributed by atoms with Crippen molar-refractivity contribution in [1.29, 1.82) is 0 Å². The molecule has 0 fully saturated rings. The number of nitrogens with zero attached hydrogens (tertiary/aromatic N) is 2. The normalized spacial score (nSPS) is 11.1. The molecule has 0 unspecified atom stereocenters. The van der Waals surface area contributed by atoms with Crippen molar-refractivity contribution >= 4 is 15.9 Å². The maximum Gasteiger partial charge on any atom is 0.159 e. The van der Waals surface area contributed by atoms with Gasteiger partial charge in [0.25, 0.3) is 0 Å². The standard InChI is InChI=1S/C16H20BrN3/c1-11(2)9-18-10-14-6-7-19-16(20-14)15-5-4-13(17)8-12(15)3/h4-8,11,18H,9-10H2,1-3H3. The molecule has 0 amide bonds. The molecule has 0 aliphatic rings. The number of aryl methyl sites for hydroxylation is 1. The van der Waals surface area contributed by atoms with Crippen LogP contribution in [0.1, 0.15) is 25.1 Å². The minimum Gasteiger partial charge on any atom is -0.311 e. The summed E-state index contributed by atoms with van der Waals surface area (Å²) in [6, 6.07) is 8.13. The molecule has 2 aromatic rings.